The van der Waals surface area contributed by atoms with Crippen LogP contribution >= 0.6 is 11.3 Å². The Morgan fingerprint density at radius 3 is 2.44 bits per heavy atom. The molecule has 3 rings (SSSR count). The molecular formula is C21H21N3O2S. The molecule has 0 spiro atoms. The summed E-state index contributed by atoms with van der Waals surface area (Å²) in [5.41, 5.74) is 6.05. The highest BCUT2D eigenvalue weighted by molar-refractivity contribution is 7.12. The number of amides is 2. The molecule has 0 aliphatic carbocycles. The number of benzene rings is 2. The highest BCUT2D eigenvalue weighted by Gasteiger charge is 2.13. The Morgan fingerprint density at radius 1 is 1.00 bits per heavy atom. The zero-order valence-corrected chi connectivity index (χ0v) is 16.0. The topological polar surface area (TPSA) is 61.4 Å². The van der Waals surface area contributed by atoms with E-state index in [0.29, 0.717) is 22.7 Å². The van der Waals surface area contributed by atoms with E-state index >= 15 is 0 Å². The second-order valence-corrected chi connectivity index (χ2v) is 6.98. The summed E-state index contributed by atoms with van der Waals surface area (Å²) in [6, 6.07) is 18.4. The summed E-state index contributed by atoms with van der Waals surface area (Å²) in [4.78, 5) is 25.5. The van der Waals surface area contributed by atoms with Crippen LogP contribution in [-0.4, -0.2) is 18.4 Å². The third-order valence-electron chi connectivity index (χ3n) is 4.03. The van der Waals surface area contributed by atoms with Crippen LogP contribution in [0.15, 0.2) is 66.0 Å². The van der Waals surface area contributed by atoms with Crippen LogP contribution < -0.4 is 15.8 Å². The van der Waals surface area contributed by atoms with Gasteiger partial charge in [-0.25, -0.2) is 0 Å². The van der Waals surface area contributed by atoms with E-state index in [1.54, 1.807) is 35.3 Å². The smallest absolute Gasteiger partial charge is 0.269 e. The molecular weight excluding hydrogens is 358 g/mol. The average molecular weight is 379 g/mol. The molecule has 2 N–H and O–H groups in total. The molecule has 2 aromatic carbocycles. The first-order chi connectivity index (χ1) is 13.1. The van der Waals surface area contributed by atoms with Gasteiger partial charge in [0.2, 0.25) is 0 Å². The van der Waals surface area contributed by atoms with Gasteiger partial charge in [0.15, 0.2) is 0 Å². The molecule has 0 aliphatic heterocycles. The Kier molecular flexibility index (Phi) is 5.88. The van der Waals surface area contributed by atoms with Crippen molar-refractivity contribution in [3.8, 4) is 0 Å². The molecule has 6 heteroatoms. The van der Waals surface area contributed by atoms with Crippen molar-refractivity contribution in [2.24, 2.45) is 0 Å². The molecule has 2 amide bonds. The minimum absolute atomic E-state index is 0.183. The van der Waals surface area contributed by atoms with Crippen LogP contribution in [0, 0.1) is 6.92 Å². The summed E-state index contributed by atoms with van der Waals surface area (Å²) in [6.45, 7) is 4.62. The van der Waals surface area contributed by atoms with Gasteiger partial charge < -0.3 is 5.32 Å². The van der Waals surface area contributed by atoms with E-state index in [1.165, 1.54) is 11.3 Å². The first-order valence-electron chi connectivity index (χ1n) is 8.67. The normalized spacial score (nSPS) is 10.3. The van der Waals surface area contributed by atoms with Crippen molar-refractivity contribution in [3.63, 3.8) is 0 Å². The Hall–Kier alpha value is -3.12. The van der Waals surface area contributed by atoms with Crippen molar-refractivity contribution >= 4 is 34.5 Å². The fourth-order valence-electron chi connectivity index (χ4n) is 2.58. The van der Waals surface area contributed by atoms with Gasteiger partial charge in [0.1, 0.15) is 0 Å². The third-order valence-corrected chi connectivity index (χ3v) is 4.89. The summed E-state index contributed by atoms with van der Waals surface area (Å²) >= 11 is 1.37. The average Bonchev–Trinajstić information content (AvgIpc) is 3.22. The van der Waals surface area contributed by atoms with E-state index in [-0.39, 0.29) is 11.8 Å². The molecule has 0 saturated carbocycles. The summed E-state index contributed by atoms with van der Waals surface area (Å²) in [5.74, 6) is -0.415. The van der Waals surface area contributed by atoms with Crippen LogP contribution in [0.3, 0.4) is 0 Å². The Morgan fingerprint density at radius 2 is 1.78 bits per heavy atom. The Labute approximate surface area is 162 Å². The highest BCUT2D eigenvalue weighted by atomic mass is 32.1. The van der Waals surface area contributed by atoms with Crippen LogP contribution in [0.5, 0.6) is 0 Å². The van der Waals surface area contributed by atoms with Gasteiger partial charge in [0, 0.05) is 17.8 Å². The van der Waals surface area contributed by atoms with E-state index in [9.17, 15) is 9.59 Å². The number of hydrazine groups is 1. The number of carbonyl (C=O) groups excluding carboxylic acids is 2. The Balaban J connectivity index is 1.70. The summed E-state index contributed by atoms with van der Waals surface area (Å²) in [5, 5.41) is 6.46. The molecule has 0 radical (unpaired) electrons. The number of hydrogen-bond acceptors (Lipinski definition) is 4. The second-order valence-electron chi connectivity index (χ2n) is 6.03. The molecule has 0 saturated heterocycles. The van der Waals surface area contributed by atoms with Gasteiger partial charge in [-0.05, 0) is 55.6 Å². The summed E-state index contributed by atoms with van der Waals surface area (Å²) in [7, 11) is 0. The van der Waals surface area contributed by atoms with Gasteiger partial charge in [-0.2, -0.15) is 0 Å². The lowest BCUT2D eigenvalue weighted by molar-refractivity contribution is 0.0948. The Bertz CT molecular complexity index is 921. The van der Waals surface area contributed by atoms with Crippen molar-refractivity contribution in [3.05, 3.63) is 82.0 Å². The van der Waals surface area contributed by atoms with Gasteiger partial charge in [0.05, 0.1) is 10.6 Å². The molecule has 138 valence electrons. The molecule has 0 aliphatic rings. The van der Waals surface area contributed by atoms with Gasteiger partial charge in [0.25, 0.3) is 11.8 Å². The van der Waals surface area contributed by atoms with Gasteiger partial charge in [-0.3, -0.25) is 20.0 Å². The first kappa shape index (κ1) is 18.7. The van der Waals surface area contributed by atoms with Crippen LogP contribution in [0.1, 0.15) is 32.5 Å². The molecule has 1 aromatic heterocycles. The molecule has 0 fully saturated rings. The van der Waals surface area contributed by atoms with Crippen molar-refractivity contribution in [1.82, 2.24) is 5.43 Å². The van der Waals surface area contributed by atoms with Gasteiger partial charge in [-0.15, -0.1) is 11.3 Å². The number of thiophene rings is 1. The zero-order chi connectivity index (χ0) is 19.2. The molecule has 3 aromatic rings. The number of nitrogens with one attached hydrogen (secondary N) is 2. The number of carbonyl (C=O) groups is 2. The van der Waals surface area contributed by atoms with Crippen LogP contribution in [0.4, 0.5) is 11.4 Å². The fourth-order valence-corrected chi connectivity index (χ4v) is 3.20. The molecule has 0 bridgehead atoms. The minimum Gasteiger partial charge on any atom is -0.321 e. The monoisotopic (exact) mass is 379 g/mol. The number of rotatable bonds is 6. The highest BCUT2D eigenvalue weighted by Crippen LogP contribution is 2.16. The van der Waals surface area contributed by atoms with Crippen LogP contribution in [0.25, 0.3) is 0 Å². The third kappa shape index (κ3) is 4.74. The maximum atomic E-state index is 12.7. The number of hydrogen-bond donors (Lipinski definition) is 2. The summed E-state index contributed by atoms with van der Waals surface area (Å²) in [6.07, 6.45) is 0. The van der Waals surface area contributed by atoms with E-state index < -0.39 is 0 Å². The van der Waals surface area contributed by atoms with E-state index in [1.807, 2.05) is 49.6 Å². The van der Waals surface area contributed by atoms with E-state index in [2.05, 4.69) is 10.7 Å². The molecule has 5 nitrogen and oxygen atoms in total. The SMILES string of the molecule is CCN(NC(=O)c1cccc(NC(=O)c2cccs2)c1)c1ccc(C)cc1. The first-order valence-corrected chi connectivity index (χ1v) is 9.55. The van der Waals surface area contributed by atoms with Crippen molar-refractivity contribution < 1.29 is 9.59 Å². The van der Waals surface area contributed by atoms with Crippen LogP contribution in [0.2, 0.25) is 0 Å². The predicted molar refractivity (Wildman–Crippen MR) is 110 cm³/mol. The summed E-state index contributed by atoms with van der Waals surface area (Å²) < 4.78 is 0. The number of aryl methyl sites for hydroxylation is 1. The number of anilines is 2. The fraction of sp³-hybridized carbons (Fsp3) is 0.143. The lowest BCUT2D eigenvalue weighted by Gasteiger charge is -2.24. The van der Waals surface area contributed by atoms with E-state index in [0.717, 1.165) is 11.3 Å². The van der Waals surface area contributed by atoms with Crippen molar-refractivity contribution in [1.29, 1.82) is 0 Å². The lowest BCUT2D eigenvalue weighted by Crippen LogP contribution is -2.42. The zero-order valence-electron chi connectivity index (χ0n) is 15.2. The van der Waals surface area contributed by atoms with Crippen molar-refractivity contribution in [2.45, 2.75) is 13.8 Å². The molecule has 0 unspecified atom stereocenters. The second kappa shape index (κ2) is 8.51. The maximum Gasteiger partial charge on any atom is 0.269 e. The number of nitrogens with zero attached hydrogens (tertiary/aromatic N) is 1. The standard InChI is InChI=1S/C21H21N3O2S/c1-3-24(18-11-9-15(2)10-12-18)23-20(25)16-6-4-7-17(14-16)22-21(26)19-8-5-13-27-19/h4-14H,3H2,1-2H3,(H,22,26)(H,23,25). The van der Waals surface area contributed by atoms with Gasteiger partial charge >= 0.3 is 0 Å². The molecule has 0 atom stereocenters. The van der Waals surface area contributed by atoms with Crippen molar-refractivity contribution in [2.75, 3.05) is 16.9 Å². The van der Waals surface area contributed by atoms with E-state index in [4.69, 9.17) is 0 Å². The maximum absolute atomic E-state index is 12.7. The van der Waals surface area contributed by atoms with Gasteiger partial charge in [-0.1, -0.05) is 29.8 Å². The predicted octanol–water partition coefficient (Wildman–Crippen LogP) is 4.48. The molecule has 1 heterocycles. The quantitative estimate of drug-likeness (QED) is 0.621. The minimum atomic E-state index is -0.232. The largest absolute Gasteiger partial charge is 0.321 e. The lowest BCUT2D eigenvalue weighted by atomic mass is 10.2. The molecule has 27 heavy (non-hydrogen) atoms. The van der Waals surface area contributed by atoms with Crippen LogP contribution in [-0.2, 0) is 0 Å².